The van der Waals surface area contributed by atoms with E-state index in [4.69, 9.17) is 0 Å². The molecule has 0 heterocycles. The minimum atomic E-state index is -0.227. The molecule has 0 bridgehead atoms. The van der Waals surface area contributed by atoms with E-state index in [1.807, 2.05) is 6.07 Å². The summed E-state index contributed by atoms with van der Waals surface area (Å²) in [6.45, 7) is 0.876. The van der Waals surface area contributed by atoms with Crippen LogP contribution in [0.15, 0.2) is 22.7 Å². The highest BCUT2D eigenvalue weighted by Gasteiger charge is 2.26. The predicted octanol–water partition coefficient (Wildman–Crippen LogP) is 2.84. The summed E-state index contributed by atoms with van der Waals surface area (Å²) in [7, 11) is 0. The third-order valence-corrected chi connectivity index (χ3v) is 4.37. The minimum absolute atomic E-state index is 0.227. The van der Waals surface area contributed by atoms with Gasteiger partial charge in [0.2, 0.25) is 0 Å². The maximum absolute atomic E-state index is 13.3. The first-order valence-corrected chi connectivity index (χ1v) is 6.79. The number of hydrogen-bond donors (Lipinski definition) is 2. The van der Waals surface area contributed by atoms with Crippen molar-refractivity contribution in [2.75, 3.05) is 6.61 Å². The molecule has 0 saturated heterocycles. The number of halogens is 2. The quantitative estimate of drug-likeness (QED) is 0.896. The molecule has 0 amide bonds. The lowest BCUT2D eigenvalue weighted by molar-refractivity contribution is 0.205. The molecule has 17 heavy (non-hydrogen) atoms. The highest BCUT2D eigenvalue weighted by molar-refractivity contribution is 9.10. The Hall–Kier alpha value is -0.450. The number of rotatable bonds is 4. The van der Waals surface area contributed by atoms with E-state index in [0.29, 0.717) is 23.0 Å². The van der Waals surface area contributed by atoms with Gasteiger partial charge in [0.15, 0.2) is 0 Å². The van der Waals surface area contributed by atoms with Crippen molar-refractivity contribution in [2.24, 2.45) is 5.92 Å². The van der Waals surface area contributed by atoms with Gasteiger partial charge in [-0.05, 0) is 46.3 Å². The maximum Gasteiger partial charge on any atom is 0.137 e. The van der Waals surface area contributed by atoms with Crippen LogP contribution in [0.2, 0.25) is 0 Å². The Kier molecular flexibility index (Phi) is 4.54. The smallest absolute Gasteiger partial charge is 0.137 e. The van der Waals surface area contributed by atoms with Gasteiger partial charge in [-0.3, -0.25) is 0 Å². The molecular formula is C13H17BrFNO. The zero-order valence-corrected chi connectivity index (χ0v) is 11.2. The van der Waals surface area contributed by atoms with E-state index >= 15 is 0 Å². The van der Waals surface area contributed by atoms with Gasteiger partial charge in [0.1, 0.15) is 5.82 Å². The molecule has 2 unspecified atom stereocenters. The number of aliphatic hydroxyl groups is 1. The van der Waals surface area contributed by atoms with Crippen molar-refractivity contribution in [1.82, 2.24) is 5.32 Å². The van der Waals surface area contributed by atoms with Gasteiger partial charge in [-0.2, -0.15) is 0 Å². The highest BCUT2D eigenvalue weighted by Crippen LogP contribution is 2.26. The van der Waals surface area contributed by atoms with Crippen molar-refractivity contribution in [2.45, 2.75) is 31.8 Å². The molecule has 1 aliphatic rings. The lowest BCUT2D eigenvalue weighted by atomic mass is 10.0. The summed E-state index contributed by atoms with van der Waals surface area (Å²) in [6.07, 6.45) is 3.34. The fraction of sp³-hybridized carbons (Fsp3) is 0.538. The van der Waals surface area contributed by atoms with Crippen molar-refractivity contribution < 1.29 is 9.50 Å². The van der Waals surface area contributed by atoms with Crippen LogP contribution in [0.1, 0.15) is 24.8 Å². The van der Waals surface area contributed by atoms with Crippen LogP contribution >= 0.6 is 15.9 Å². The molecule has 1 saturated carbocycles. The van der Waals surface area contributed by atoms with Gasteiger partial charge in [-0.1, -0.05) is 18.6 Å². The zero-order valence-electron chi connectivity index (χ0n) is 9.63. The summed E-state index contributed by atoms with van der Waals surface area (Å²) in [5.74, 6) is 0.122. The van der Waals surface area contributed by atoms with E-state index < -0.39 is 0 Å². The van der Waals surface area contributed by atoms with Crippen LogP contribution in [-0.4, -0.2) is 17.8 Å². The molecule has 0 aromatic heterocycles. The van der Waals surface area contributed by atoms with Crippen LogP contribution in [0.5, 0.6) is 0 Å². The molecule has 2 N–H and O–H groups in total. The number of hydrogen-bond acceptors (Lipinski definition) is 2. The van der Waals surface area contributed by atoms with Crippen LogP contribution in [0.4, 0.5) is 4.39 Å². The van der Waals surface area contributed by atoms with E-state index in [9.17, 15) is 9.50 Å². The van der Waals surface area contributed by atoms with Crippen LogP contribution in [0.25, 0.3) is 0 Å². The van der Waals surface area contributed by atoms with E-state index in [2.05, 4.69) is 21.2 Å². The minimum Gasteiger partial charge on any atom is -0.396 e. The lowest BCUT2D eigenvalue weighted by Gasteiger charge is -2.19. The van der Waals surface area contributed by atoms with Crippen molar-refractivity contribution in [3.8, 4) is 0 Å². The van der Waals surface area contributed by atoms with Crippen LogP contribution in [-0.2, 0) is 6.54 Å². The Labute approximate surface area is 109 Å². The molecule has 4 heteroatoms. The van der Waals surface area contributed by atoms with Crippen molar-refractivity contribution in [3.05, 3.63) is 34.1 Å². The van der Waals surface area contributed by atoms with Crippen molar-refractivity contribution in [1.29, 1.82) is 0 Å². The molecular weight excluding hydrogens is 285 g/mol. The summed E-state index contributed by atoms with van der Waals surface area (Å²) in [4.78, 5) is 0. The zero-order chi connectivity index (χ0) is 12.3. The maximum atomic E-state index is 13.3. The molecule has 0 aliphatic heterocycles. The van der Waals surface area contributed by atoms with Gasteiger partial charge in [0.25, 0.3) is 0 Å². The van der Waals surface area contributed by atoms with E-state index in [-0.39, 0.29) is 12.4 Å². The second kappa shape index (κ2) is 5.94. The molecule has 2 nitrogen and oxygen atoms in total. The van der Waals surface area contributed by atoms with Gasteiger partial charge >= 0.3 is 0 Å². The Morgan fingerprint density at radius 2 is 2.24 bits per heavy atom. The molecule has 0 radical (unpaired) electrons. The second-order valence-electron chi connectivity index (χ2n) is 4.57. The van der Waals surface area contributed by atoms with E-state index in [1.54, 1.807) is 6.07 Å². The normalized spacial score (nSPS) is 24.2. The number of benzene rings is 1. The first kappa shape index (κ1) is 13.0. The standard InChI is InChI=1S/C13H17BrFNO/c14-13-9(3-1-5-11(13)15)7-16-12-6-2-4-10(12)8-17/h1,3,5,10,12,16-17H,2,4,6-8H2. The molecule has 1 fully saturated rings. The largest absolute Gasteiger partial charge is 0.396 e. The van der Waals surface area contributed by atoms with Crippen LogP contribution < -0.4 is 5.32 Å². The summed E-state index contributed by atoms with van der Waals surface area (Å²) < 4.78 is 13.8. The van der Waals surface area contributed by atoms with Gasteiger partial charge in [0.05, 0.1) is 4.47 Å². The average Bonchev–Trinajstić information content (AvgIpc) is 2.78. The topological polar surface area (TPSA) is 32.3 Å². The third-order valence-electron chi connectivity index (χ3n) is 3.48. The Bertz CT molecular complexity index is 386. The third kappa shape index (κ3) is 3.06. The second-order valence-corrected chi connectivity index (χ2v) is 5.37. The highest BCUT2D eigenvalue weighted by atomic mass is 79.9. The first-order valence-electron chi connectivity index (χ1n) is 5.99. The summed E-state index contributed by atoms with van der Waals surface area (Å²) in [5, 5.41) is 12.6. The Morgan fingerprint density at radius 3 is 3.00 bits per heavy atom. The van der Waals surface area contributed by atoms with Gasteiger partial charge in [-0.25, -0.2) is 4.39 Å². The van der Waals surface area contributed by atoms with Crippen molar-refractivity contribution in [3.63, 3.8) is 0 Å². The SMILES string of the molecule is OCC1CCCC1NCc1cccc(F)c1Br. The molecule has 1 aromatic rings. The fourth-order valence-electron chi connectivity index (χ4n) is 2.45. The Morgan fingerprint density at radius 1 is 1.41 bits per heavy atom. The fourth-order valence-corrected chi connectivity index (χ4v) is 2.85. The molecule has 94 valence electrons. The van der Waals surface area contributed by atoms with Crippen LogP contribution in [0, 0.1) is 11.7 Å². The first-order chi connectivity index (χ1) is 8.22. The molecule has 1 aliphatic carbocycles. The predicted molar refractivity (Wildman–Crippen MR) is 69.2 cm³/mol. The van der Waals surface area contributed by atoms with Crippen molar-refractivity contribution >= 4 is 15.9 Å². The summed E-state index contributed by atoms with van der Waals surface area (Å²) >= 11 is 3.26. The summed E-state index contributed by atoms with van der Waals surface area (Å²) in [5.41, 5.74) is 0.925. The Balaban J connectivity index is 1.95. The van der Waals surface area contributed by atoms with Gasteiger partial charge < -0.3 is 10.4 Å². The lowest BCUT2D eigenvalue weighted by Crippen LogP contribution is -2.33. The monoisotopic (exact) mass is 301 g/mol. The summed E-state index contributed by atoms with van der Waals surface area (Å²) in [6, 6.07) is 5.42. The van der Waals surface area contributed by atoms with Gasteiger partial charge in [-0.15, -0.1) is 0 Å². The number of aliphatic hydroxyl groups excluding tert-OH is 1. The number of nitrogens with one attached hydrogen (secondary N) is 1. The molecule has 2 rings (SSSR count). The van der Waals surface area contributed by atoms with E-state index in [0.717, 1.165) is 24.8 Å². The average molecular weight is 302 g/mol. The molecule has 1 aromatic carbocycles. The van der Waals surface area contributed by atoms with E-state index in [1.165, 1.54) is 6.07 Å². The van der Waals surface area contributed by atoms with Gasteiger partial charge in [0, 0.05) is 19.2 Å². The van der Waals surface area contributed by atoms with Crippen LogP contribution in [0.3, 0.4) is 0 Å². The molecule has 2 atom stereocenters. The molecule has 0 spiro atoms.